The SMILES string of the molecule is C1CNC(CC2CCOC2)OC1.Cl. The van der Waals surface area contributed by atoms with Crippen LogP contribution in [0.1, 0.15) is 19.3 Å². The van der Waals surface area contributed by atoms with Crippen LogP contribution < -0.4 is 5.32 Å². The monoisotopic (exact) mass is 207 g/mol. The molecule has 0 amide bonds. The Labute approximate surface area is 85.6 Å². The molecule has 0 aromatic carbocycles. The minimum Gasteiger partial charge on any atom is -0.381 e. The third-order valence-corrected chi connectivity index (χ3v) is 2.58. The van der Waals surface area contributed by atoms with Gasteiger partial charge in [0.15, 0.2) is 0 Å². The summed E-state index contributed by atoms with van der Waals surface area (Å²) in [5, 5.41) is 3.37. The normalized spacial score (nSPS) is 34.2. The van der Waals surface area contributed by atoms with Crippen LogP contribution in [0.3, 0.4) is 0 Å². The van der Waals surface area contributed by atoms with Gasteiger partial charge >= 0.3 is 0 Å². The van der Waals surface area contributed by atoms with E-state index in [1.807, 2.05) is 0 Å². The molecular formula is C9H18ClNO2. The highest BCUT2D eigenvalue weighted by atomic mass is 35.5. The molecule has 78 valence electrons. The van der Waals surface area contributed by atoms with Gasteiger partial charge in [0.25, 0.3) is 0 Å². The van der Waals surface area contributed by atoms with Gasteiger partial charge in [-0.25, -0.2) is 0 Å². The zero-order valence-electron chi connectivity index (χ0n) is 7.83. The second kappa shape index (κ2) is 5.81. The first-order chi connectivity index (χ1) is 5.95. The van der Waals surface area contributed by atoms with Gasteiger partial charge in [0.1, 0.15) is 6.23 Å². The van der Waals surface area contributed by atoms with Crippen LogP contribution in [-0.4, -0.2) is 32.6 Å². The van der Waals surface area contributed by atoms with Gasteiger partial charge in [-0.05, 0) is 31.7 Å². The van der Waals surface area contributed by atoms with Gasteiger partial charge in [0.05, 0.1) is 0 Å². The maximum atomic E-state index is 5.57. The average molecular weight is 208 g/mol. The predicted molar refractivity (Wildman–Crippen MR) is 53.2 cm³/mol. The lowest BCUT2D eigenvalue weighted by molar-refractivity contribution is -0.0139. The molecule has 1 N–H and O–H groups in total. The summed E-state index contributed by atoms with van der Waals surface area (Å²) in [6.07, 6.45) is 3.78. The number of nitrogens with one attached hydrogen (secondary N) is 1. The second-order valence-corrected chi connectivity index (χ2v) is 3.63. The first kappa shape index (κ1) is 11.2. The first-order valence-electron chi connectivity index (χ1n) is 4.88. The van der Waals surface area contributed by atoms with E-state index in [-0.39, 0.29) is 12.4 Å². The smallest absolute Gasteiger partial charge is 0.108 e. The van der Waals surface area contributed by atoms with Crippen LogP contribution in [0.5, 0.6) is 0 Å². The lowest BCUT2D eigenvalue weighted by Gasteiger charge is -2.25. The van der Waals surface area contributed by atoms with E-state index in [4.69, 9.17) is 9.47 Å². The first-order valence-corrected chi connectivity index (χ1v) is 4.88. The summed E-state index contributed by atoms with van der Waals surface area (Å²) in [7, 11) is 0. The van der Waals surface area contributed by atoms with Crippen LogP contribution in [0.2, 0.25) is 0 Å². The molecule has 2 aliphatic rings. The maximum Gasteiger partial charge on any atom is 0.108 e. The molecule has 13 heavy (non-hydrogen) atoms. The molecule has 0 radical (unpaired) electrons. The third kappa shape index (κ3) is 3.43. The molecule has 2 heterocycles. The molecule has 2 fully saturated rings. The van der Waals surface area contributed by atoms with Crippen molar-refractivity contribution in [2.75, 3.05) is 26.4 Å². The summed E-state index contributed by atoms with van der Waals surface area (Å²) in [5.41, 5.74) is 0. The average Bonchev–Trinajstić information content (AvgIpc) is 2.59. The number of ether oxygens (including phenoxy) is 2. The highest BCUT2D eigenvalue weighted by Gasteiger charge is 2.22. The fourth-order valence-electron chi connectivity index (χ4n) is 1.84. The van der Waals surface area contributed by atoms with Crippen molar-refractivity contribution in [2.45, 2.75) is 25.5 Å². The fourth-order valence-corrected chi connectivity index (χ4v) is 1.84. The zero-order valence-corrected chi connectivity index (χ0v) is 8.65. The number of halogens is 1. The topological polar surface area (TPSA) is 30.5 Å². The second-order valence-electron chi connectivity index (χ2n) is 3.63. The molecule has 4 heteroatoms. The van der Waals surface area contributed by atoms with E-state index in [0.717, 1.165) is 45.1 Å². The molecule has 0 spiro atoms. The van der Waals surface area contributed by atoms with E-state index >= 15 is 0 Å². The van der Waals surface area contributed by atoms with Crippen molar-refractivity contribution >= 4 is 12.4 Å². The van der Waals surface area contributed by atoms with Crippen LogP contribution >= 0.6 is 12.4 Å². The van der Waals surface area contributed by atoms with Gasteiger partial charge < -0.3 is 9.47 Å². The van der Waals surface area contributed by atoms with Gasteiger partial charge in [-0.2, -0.15) is 0 Å². The zero-order chi connectivity index (χ0) is 8.23. The van der Waals surface area contributed by atoms with E-state index < -0.39 is 0 Å². The number of rotatable bonds is 2. The molecule has 0 saturated carbocycles. The molecule has 2 rings (SSSR count). The van der Waals surface area contributed by atoms with Crippen molar-refractivity contribution in [1.82, 2.24) is 5.32 Å². The summed E-state index contributed by atoms with van der Waals surface area (Å²) in [5.74, 6) is 0.723. The van der Waals surface area contributed by atoms with Crippen molar-refractivity contribution in [3.8, 4) is 0 Å². The van der Waals surface area contributed by atoms with Crippen molar-refractivity contribution in [1.29, 1.82) is 0 Å². The minimum atomic E-state index is 0. The Morgan fingerprint density at radius 1 is 1.31 bits per heavy atom. The van der Waals surface area contributed by atoms with Crippen molar-refractivity contribution in [3.63, 3.8) is 0 Å². The lowest BCUT2D eigenvalue weighted by Crippen LogP contribution is -2.39. The van der Waals surface area contributed by atoms with Crippen LogP contribution in [0.25, 0.3) is 0 Å². The molecule has 0 aliphatic carbocycles. The van der Waals surface area contributed by atoms with Gasteiger partial charge in [-0.1, -0.05) is 0 Å². The number of hydrogen-bond donors (Lipinski definition) is 1. The Morgan fingerprint density at radius 3 is 2.85 bits per heavy atom. The molecule has 0 bridgehead atoms. The van der Waals surface area contributed by atoms with Gasteiger partial charge in [-0.3, -0.25) is 5.32 Å². The molecule has 2 aliphatic heterocycles. The summed E-state index contributed by atoms with van der Waals surface area (Å²) in [6, 6.07) is 0. The molecule has 0 aromatic rings. The standard InChI is InChI=1S/C9H17NO2.ClH/c1-3-10-9(12-4-1)6-8-2-5-11-7-8;/h8-10H,1-7H2;1H. The molecular weight excluding hydrogens is 190 g/mol. The Kier molecular flexibility index (Phi) is 5.02. The Hall–Kier alpha value is 0.170. The van der Waals surface area contributed by atoms with Crippen molar-refractivity contribution < 1.29 is 9.47 Å². The van der Waals surface area contributed by atoms with Crippen LogP contribution in [0.15, 0.2) is 0 Å². The largest absolute Gasteiger partial charge is 0.381 e. The van der Waals surface area contributed by atoms with Crippen LogP contribution in [0, 0.1) is 5.92 Å². The van der Waals surface area contributed by atoms with E-state index in [1.54, 1.807) is 0 Å². The van der Waals surface area contributed by atoms with E-state index in [2.05, 4.69) is 5.32 Å². The van der Waals surface area contributed by atoms with Gasteiger partial charge in [0, 0.05) is 19.8 Å². The van der Waals surface area contributed by atoms with Crippen LogP contribution in [0.4, 0.5) is 0 Å². The van der Waals surface area contributed by atoms with Crippen LogP contribution in [-0.2, 0) is 9.47 Å². The fraction of sp³-hybridized carbons (Fsp3) is 1.00. The van der Waals surface area contributed by atoms with E-state index in [9.17, 15) is 0 Å². The highest BCUT2D eigenvalue weighted by Crippen LogP contribution is 2.19. The molecule has 2 unspecified atom stereocenters. The molecule has 2 atom stereocenters. The summed E-state index contributed by atoms with van der Waals surface area (Å²) >= 11 is 0. The molecule has 2 saturated heterocycles. The Balaban J connectivity index is 0.000000845. The predicted octanol–water partition coefficient (Wildman–Crippen LogP) is 1.17. The lowest BCUT2D eigenvalue weighted by atomic mass is 10.0. The summed E-state index contributed by atoms with van der Waals surface area (Å²) in [4.78, 5) is 0. The third-order valence-electron chi connectivity index (χ3n) is 2.58. The van der Waals surface area contributed by atoms with E-state index in [1.165, 1.54) is 6.42 Å². The van der Waals surface area contributed by atoms with Crippen molar-refractivity contribution in [2.24, 2.45) is 5.92 Å². The highest BCUT2D eigenvalue weighted by molar-refractivity contribution is 5.85. The quantitative estimate of drug-likeness (QED) is 0.738. The Bertz CT molecular complexity index is 134. The Morgan fingerprint density at radius 2 is 2.23 bits per heavy atom. The van der Waals surface area contributed by atoms with E-state index in [0.29, 0.717) is 6.23 Å². The minimum absolute atomic E-state index is 0. The van der Waals surface area contributed by atoms with Gasteiger partial charge in [0.2, 0.25) is 0 Å². The summed E-state index contributed by atoms with van der Waals surface area (Å²) < 4.78 is 10.9. The maximum absolute atomic E-state index is 5.57. The summed E-state index contributed by atoms with van der Waals surface area (Å²) in [6.45, 7) is 3.91. The van der Waals surface area contributed by atoms with Crippen molar-refractivity contribution in [3.05, 3.63) is 0 Å². The van der Waals surface area contributed by atoms with Gasteiger partial charge in [-0.15, -0.1) is 12.4 Å². The molecule has 3 nitrogen and oxygen atoms in total. The number of hydrogen-bond acceptors (Lipinski definition) is 3. The molecule has 0 aromatic heterocycles.